The molecule has 0 bridgehead atoms. The Kier molecular flexibility index (Phi) is 5.87. The monoisotopic (exact) mass is 280 g/mol. The van der Waals surface area contributed by atoms with Crippen LogP contribution in [0.1, 0.15) is 23.1 Å². The van der Waals surface area contributed by atoms with Gasteiger partial charge in [-0.3, -0.25) is 0 Å². The van der Waals surface area contributed by atoms with E-state index in [1.54, 1.807) is 0 Å². The number of ether oxygens (including phenoxy) is 1. The normalized spacial score (nSPS) is 9.81. The van der Waals surface area contributed by atoms with Gasteiger partial charge in [0.25, 0.3) is 0 Å². The van der Waals surface area contributed by atoms with Gasteiger partial charge >= 0.3 is 0 Å². The fraction of sp³-hybridized carbons (Fsp3) is 0.263. The zero-order chi connectivity index (χ0) is 14.9. The highest BCUT2D eigenvalue weighted by molar-refractivity contribution is 5.43. The van der Waals surface area contributed by atoms with Crippen LogP contribution in [0.25, 0.3) is 0 Å². The fourth-order valence-electron chi connectivity index (χ4n) is 2.03. The number of benzene rings is 2. The number of hydrogen-bond acceptors (Lipinski definition) is 2. The van der Waals surface area contributed by atoms with Crippen LogP contribution in [0.4, 0.5) is 0 Å². The van der Waals surface area contributed by atoms with E-state index in [4.69, 9.17) is 9.84 Å². The molecule has 0 radical (unpaired) electrons. The van der Waals surface area contributed by atoms with Gasteiger partial charge in [-0.15, -0.1) is 0 Å². The quantitative estimate of drug-likeness (QED) is 0.851. The molecule has 1 N–H and O–H groups in total. The summed E-state index contributed by atoms with van der Waals surface area (Å²) in [5, 5.41) is 8.71. The molecular formula is C19H20O2. The lowest BCUT2D eigenvalue weighted by Crippen LogP contribution is -2.02. The lowest BCUT2D eigenvalue weighted by Gasteiger charge is -2.09. The van der Waals surface area contributed by atoms with E-state index in [9.17, 15) is 0 Å². The summed E-state index contributed by atoms with van der Waals surface area (Å²) in [6.45, 7) is 2.79. The highest BCUT2D eigenvalue weighted by Crippen LogP contribution is 2.19. The molecule has 0 aliphatic carbocycles. The Hall–Kier alpha value is -2.24. The first kappa shape index (κ1) is 15.2. The summed E-state index contributed by atoms with van der Waals surface area (Å²) in [5.74, 6) is 6.85. The SMILES string of the molecule is Cc1cc(C#CCCO)ccc1OCCc1ccccc1. The molecule has 2 nitrogen and oxygen atoms in total. The van der Waals surface area contributed by atoms with E-state index in [1.807, 2.05) is 43.3 Å². The van der Waals surface area contributed by atoms with E-state index in [0.717, 1.165) is 23.3 Å². The van der Waals surface area contributed by atoms with Gasteiger partial charge in [-0.25, -0.2) is 0 Å². The third-order valence-electron chi connectivity index (χ3n) is 3.14. The van der Waals surface area contributed by atoms with Gasteiger partial charge in [-0.1, -0.05) is 42.2 Å². The highest BCUT2D eigenvalue weighted by atomic mass is 16.5. The van der Waals surface area contributed by atoms with Crippen molar-refractivity contribution in [3.05, 3.63) is 65.2 Å². The Bertz CT molecular complexity index is 621. The van der Waals surface area contributed by atoms with Crippen molar-refractivity contribution in [2.75, 3.05) is 13.2 Å². The van der Waals surface area contributed by atoms with Gasteiger partial charge in [-0.2, -0.15) is 0 Å². The molecule has 0 spiro atoms. The molecule has 2 rings (SSSR count). The van der Waals surface area contributed by atoms with Gasteiger partial charge < -0.3 is 9.84 Å². The van der Waals surface area contributed by atoms with E-state index < -0.39 is 0 Å². The van der Waals surface area contributed by atoms with E-state index >= 15 is 0 Å². The van der Waals surface area contributed by atoms with Crippen molar-refractivity contribution in [1.82, 2.24) is 0 Å². The maximum absolute atomic E-state index is 8.71. The number of aliphatic hydroxyl groups excluding tert-OH is 1. The maximum Gasteiger partial charge on any atom is 0.122 e. The molecule has 0 aliphatic heterocycles. The lowest BCUT2D eigenvalue weighted by molar-refractivity contribution is 0.305. The lowest BCUT2D eigenvalue weighted by atomic mass is 10.1. The minimum absolute atomic E-state index is 0.104. The second-order valence-electron chi connectivity index (χ2n) is 4.84. The Balaban J connectivity index is 1.91. The molecule has 0 aliphatic rings. The van der Waals surface area contributed by atoms with E-state index in [0.29, 0.717) is 13.0 Å². The predicted molar refractivity (Wildman–Crippen MR) is 85.4 cm³/mol. The van der Waals surface area contributed by atoms with Gasteiger partial charge in [0.1, 0.15) is 5.75 Å². The van der Waals surface area contributed by atoms with Gasteiger partial charge in [-0.05, 0) is 36.2 Å². The van der Waals surface area contributed by atoms with Crippen LogP contribution in [0.3, 0.4) is 0 Å². The summed E-state index contributed by atoms with van der Waals surface area (Å²) in [4.78, 5) is 0. The van der Waals surface area contributed by atoms with E-state index in [1.165, 1.54) is 5.56 Å². The summed E-state index contributed by atoms with van der Waals surface area (Å²) in [7, 11) is 0. The van der Waals surface area contributed by atoms with E-state index in [-0.39, 0.29) is 6.61 Å². The predicted octanol–water partition coefficient (Wildman–Crippen LogP) is 3.35. The molecule has 2 aromatic rings. The van der Waals surface area contributed by atoms with E-state index in [2.05, 4.69) is 24.0 Å². The minimum Gasteiger partial charge on any atom is -0.493 e. The molecule has 0 saturated heterocycles. The van der Waals surface area contributed by atoms with Crippen LogP contribution in [-0.2, 0) is 6.42 Å². The zero-order valence-electron chi connectivity index (χ0n) is 12.3. The first-order valence-corrected chi connectivity index (χ1v) is 7.16. The fourth-order valence-corrected chi connectivity index (χ4v) is 2.03. The highest BCUT2D eigenvalue weighted by Gasteiger charge is 2.00. The number of aliphatic hydroxyl groups is 1. The van der Waals surface area contributed by atoms with Gasteiger partial charge in [0.2, 0.25) is 0 Å². The van der Waals surface area contributed by atoms with Crippen LogP contribution in [-0.4, -0.2) is 18.3 Å². The minimum atomic E-state index is 0.104. The summed E-state index contributed by atoms with van der Waals surface area (Å²) in [6, 6.07) is 16.2. The van der Waals surface area contributed by atoms with Crippen molar-refractivity contribution in [3.8, 4) is 17.6 Å². The molecular weight excluding hydrogens is 260 g/mol. The number of aryl methyl sites for hydroxylation is 1. The third kappa shape index (κ3) is 4.98. The van der Waals surface area contributed by atoms with Crippen LogP contribution in [0.2, 0.25) is 0 Å². The van der Waals surface area contributed by atoms with Crippen LogP contribution in [0.15, 0.2) is 48.5 Å². The van der Waals surface area contributed by atoms with Crippen LogP contribution >= 0.6 is 0 Å². The summed E-state index contributed by atoms with van der Waals surface area (Å²) in [6.07, 6.45) is 1.41. The maximum atomic E-state index is 8.71. The Morgan fingerprint density at radius 3 is 2.62 bits per heavy atom. The van der Waals surface area contributed by atoms with Gasteiger partial charge in [0.05, 0.1) is 13.2 Å². The molecule has 0 amide bonds. The Morgan fingerprint density at radius 1 is 1.10 bits per heavy atom. The average molecular weight is 280 g/mol. The Morgan fingerprint density at radius 2 is 1.90 bits per heavy atom. The molecule has 2 heteroatoms. The molecule has 21 heavy (non-hydrogen) atoms. The molecule has 0 heterocycles. The van der Waals surface area contributed by atoms with Crippen LogP contribution in [0, 0.1) is 18.8 Å². The van der Waals surface area contributed by atoms with Gasteiger partial charge in [0, 0.05) is 18.4 Å². The molecule has 0 aromatic heterocycles. The Labute approximate surface area is 126 Å². The average Bonchev–Trinajstić information content (AvgIpc) is 2.51. The summed E-state index contributed by atoms with van der Waals surface area (Å²) < 4.78 is 5.83. The van der Waals surface area contributed by atoms with Gasteiger partial charge in [0.15, 0.2) is 0 Å². The van der Waals surface area contributed by atoms with Crippen molar-refractivity contribution in [1.29, 1.82) is 0 Å². The van der Waals surface area contributed by atoms with Crippen molar-refractivity contribution in [2.45, 2.75) is 19.8 Å². The van der Waals surface area contributed by atoms with Crippen molar-refractivity contribution >= 4 is 0 Å². The molecule has 0 unspecified atom stereocenters. The van der Waals surface area contributed by atoms with Crippen LogP contribution < -0.4 is 4.74 Å². The number of rotatable bonds is 5. The number of hydrogen-bond donors (Lipinski definition) is 1. The molecule has 108 valence electrons. The third-order valence-corrected chi connectivity index (χ3v) is 3.14. The standard InChI is InChI=1S/C19H20O2/c1-16-15-18(9-5-6-13-20)10-11-19(16)21-14-12-17-7-3-2-4-8-17/h2-4,7-8,10-11,15,20H,6,12-14H2,1H3. The largest absolute Gasteiger partial charge is 0.493 e. The topological polar surface area (TPSA) is 29.5 Å². The molecule has 2 aromatic carbocycles. The van der Waals surface area contributed by atoms with Crippen molar-refractivity contribution in [2.24, 2.45) is 0 Å². The first-order chi connectivity index (χ1) is 10.3. The first-order valence-electron chi connectivity index (χ1n) is 7.16. The summed E-state index contributed by atoms with van der Waals surface area (Å²) in [5.41, 5.74) is 3.32. The molecule has 0 atom stereocenters. The van der Waals surface area contributed by atoms with Crippen LogP contribution in [0.5, 0.6) is 5.75 Å². The summed E-state index contributed by atoms with van der Waals surface area (Å²) >= 11 is 0. The van der Waals surface area contributed by atoms with Crippen molar-refractivity contribution in [3.63, 3.8) is 0 Å². The second kappa shape index (κ2) is 8.14. The second-order valence-corrected chi connectivity index (χ2v) is 4.84. The zero-order valence-corrected chi connectivity index (χ0v) is 12.3. The molecule has 0 fully saturated rings. The smallest absolute Gasteiger partial charge is 0.122 e. The molecule has 0 saturated carbocycles. The van der Waals surface area contributed by atoms with Crippen molar-refractivity contribution < 1.29 is 9.84 Å².